The number of terminal acetylenes is 1. The van der Waals surface area contributed by atoms with Crippen LogP contribution in [0.4, 0.5) is 0 Å². The van der Waals surface area contributed by atoms with Crippen LogP contribution in [0.1, 0.15) is 10.5 Å². The van der Waals surface area contributed by atoms with Gasteiger partial charge in [-0.3, -0.25) is 4.79 Å². The van der Waals surface area contributed by atoms with E-state index in [1.165, 1.54) is 12.1 Å². The fourth-order valence-electron chi connectivity index (χ4n) is 0.895. The van der Waals surface area contributed by atoms with E-state index in [9.17, 15) is 4.79 Å². The monoisotopic (exact) mass is 255 g/mol. The lowest BCUT2D eigenvalue weighted by Crippen LogP contribution is -2.26. The molecule has 0 bridgehead atoms. The Kier molecular flexibility index (Phi) is 5.68. The van der Waals surface area contributed by atoms with Gasteiger partial charge in [-0.1, -0.05) is 17.5 Å². The second-order valence-electron chi connectivity index (χ2n) is 2.75. The van der Waals surface area contributed by atoms with Crippen LogP contribution in [0.15, 0.2) is 12.1 Å². The Balaban J connectivity index is 2.30. The molecule has 0 aromatic carbocycles. The van der Waals surface area contributed by atoms with Gasteiger partial charge in [0.1, 0.15) is 0 Å². The minimum atomic E-state index is -0.259. The molecule has 1 heterocycles. The summed E-state index contributed by atoms with van der Waals surface area (Å²) in [5.41, 5.74) is 0.256. The topological polar surface area (TPSA) is 54.9 Å². The van der Waals surface area contributed by atoms with Crippen molar-refractivity contribution < 1.29 is 4.79 Å². The van der Waals surface area contributed by atoms with Gasteiger partial charge >= 0.3 is 0 Å². The van der Waals surface area contributed by atoms with Crippen LogP contribution in [0.5, 0.6) is 0 Å². The highest BCUT2D eigenvalue weighted by atomic mass is 35.5. The third kappa shape index (κ3) is 4.51. The summed E-state index contributed by atoms with van der Waals surface area (Å²) >= 11 is 7.14. The maximum Gasteiger partial charge on any atom is 0.271 e. The van der Waals surface area contributed by atoms with Crippen LogP contribution in [0.2, 0.25) is 5.15 Å². The standard InChI is InChI=1S/C10H10ClN3OS/c1-2-6-16-7-5-12-10(15)8-3-4-9(11)14-13-8/h1,3-4H,5-7H2,(H,12,15). The summed E-state index contributed by atoms with van der Waals surface area (Å²) in [6.45, 7) is 0.551. The highest BCUT2D eigenvalue weighted by molar-refractivity contribution is 7.99. The molecule has 0 spiro atoms. The lowest BCUT2D eigenvalue weighted by atomic mass is 10.4. The Morgan fingerprint density at radius 1 is 1.56 bits per heavy atom. The molecule has 0 aliphatic rings. The van der Waals surface area contributed by atoms with E-state index in [0.29, 0.717) is 12.3 Å². The van der Waals surface area contributed by atoms with E-state index in [1.54, 1.807) is 11.8 Å². The molecule has 16 heavy (non-hydrogen) atoms. The number of hydrogen-bond acceptors (Lipinski definition) is 4. The van der Waals surface area contributed by atoms with Gasteiger partial charge in [0.25, 0.3) is 5.91 Å². The summed E-state index contributed by atoms with van der Waals surface area (Å²) in [7, 11) is 0. The number of rotatable bonds is 5. The van der Waals surface area contributed by atoms with Gasteiger partial charge in [0.05, 0.1) is 5.75 Å². The predicted molar refractivity (Wildman–Crippen MR) is 65.5 cm³/mol. The summed E-state index contributed by atoms with van der Waals surface area (Å²) in [5.74, 6) is 3.67. The lowest BCUT2D eigenvalue weighted by Gasteiger charge is -2.02. The number of aromatic nitrogens is 2. The minimum absolute atomic E-state index is 0.256. The van der Waals surface area contributed by atoms with E-state index in [4.69, 9.17) is 18.0 Å². The van der Waals surface area contributed by atoms with Crippen molar-refractivity contribution in [2.45, 2.75) is 0 Å². The Morgan fingerprint density at radius 3 is 3.00 bits per heavy atom. The van der Waals surface area contributed by atoms with Gasteiger partial charge < -0.3 is 5.32 Å². The van der Waals surface area contributed by atoms with Crippen molar-refractivity contribution in [1.82, 2.24) is 15.5 Å². The molecule has 1 N–H and O–H groups in total. The molecule has 0 aliphatic carbocycles. The summed E-state index contributed by atoms with van der Waals surface area (Å²) in [4.78, 5) is 11.5. The fourth-order valence-corrected chi connectivity index (χ4v) is 1.50. The van der Waals surface area contributed by atoms with Crippen molar-refractivity contribution in [2.24, 2.45) is 0 Å². The van der Waals surface area contributed by atoms with E-state index < -0.39 is 0 Å². The average Bonchev–Trinajstić information content (AvgIpc) is 2.29. The smallest absolute Gasteiger partial charge is 0.271 e. The molecule has 1 aromatic rings. The SMILES string of the molecule is C#CCSCCNC(=O)c1ccc(Cl)nn1. The lowest BCUT2D eigenvalue weighted by molar-refractivity contribution is 0.0950. The number of carbonyl (C=O) groups is 1. The fraction of sp³-hybridized carbons (Fsp3) is 0.300. The zero-order valence-corrected chi connectivity index (χ0v) is 10.0. The predicted octanol–water partition coefficient (Wildman–Crippen LogP) is 1.23. The molecule has 84 valence electrons. The number of nitrogens with one attached hydrogen (secondary N) is 1. The molecular formula is C10H10ClN3OS. The van der Waals surface area contributed by atoms with Crippen molar-refractivity contribution in [3.05, 3.63) is 23.0 Å². The van der Waals surface area contributed by atoms with Gasteiger partial charge in [0.15, 0.2) is 10.8 Å². The molecule has 0 aliphatic heterocycles. The van der Waals surface area contributed by atoms with Gasteiger partial charge in [-0.2, -0.15) is 0 Å². The summed E-state index contributed by atoms with van der Waals surface area (Å²) in [6, 6.07) is 3.05. The van der Waals surface area contributed by atoms with Crippen LogP contribution in [0.3, 0.4) is 0 Å². The van der Waals surface area contributed by atoms with E-state index in [0.717, 1.165) is 5.75 Å². The number of nitrogens with zero attached hydrogens (tertiary/aromatic N) is 2. The Labute approximate surface area is 103 Å². The molecule has 1 rings (SSSR count). The maximum absolute atomic E-state index is 11.5. The molecule has 0 saturated carbocycles. The Morgan fingerprint density at radius 2 is 2.38 bits per heavy atom. The van der Waals surface area contributed by atoms with Gasteiger partial charge in [-0.05, 0) is 12.1 Å². The highest BCUT2D eigenvalue weighted by Crippen LogP contribution is 2.02. The normalized spacial score (nSPS) is 9.50. The third-order valence-electron chi connectivity index (χ3n) is 1.58. The number of hydrogen-bond donors (Lipinski definition) is 1. The molecule has 0 atom stereocenters. The maximum atomic E-state index is 11.5. The molecule has 0 unspecified atom stereocenters. The van der Waals surface area contributed by atoms with Crippen LogP contribution in [0.25, 0.3) is 0 Å². The van der Waals surface area contributed by atoms with Crippen molar-refractivity contribution >= 4 is 29.3 Å². The van der Waals surface area contributed by atoms with Crippen LogP contribution in [0, 0.1) is 12.3 Å². The van der Waals surface area contributed by atoms with Crippen LogP contribution in [-0.4, -0.2) is 34.2 Å². The molecule has 0 radical (unpaired) electrons. The third-order valence-corrected chi connectivity index (χ3v) is 2.65. The van der Waals surface area contributed by atoms with Crippen molar-refractivity contribution in [2.75, 3.05) is 18.1 Å². The molecule has 0 fully saturated rings. The largest absolute Gasteiger partial charge is 0.350 e. The van der Waals surface area contributed by atoms with E-state index in [-0.39, 0.29) is 16.8 Å². The average molecular weight is 256 g/mol. The second kappa shape index (κ2) is 7.09. The Bertz CT molecular complexity index is 388. The first-order valence-electron chi connectivity index (χ1n) is 4.52. The number of carbonyl (C=O) groups excluding carboxylic acids is 1. The molecule has 1 aromatic heterocycles. The second-order valence-corrected chi connectivity index (χ2v) is 4.25. The summed E-state index contributed by atoms with van der Waals surface area (Å²) in [6.07, 6.45) is 5.09. The van der Waals surface area contributed by atoms with Gasteiger partial charge in [0.2, 0.25) is 0 Å². The van der Waals surface area contributed by atoms with Crippen LogP contribution >= 0.6 is 23.4 Å². The van der Waals surface area contributed by atoms with E-state index in [2.05, 4.69) is 21.4 Å². The van der Waals surface area contributed by atoms with Crippen molar-refractivity contribution in [3.63, 3.8) is 0 Å². The number of halogens is 1. The molecule has 4 nitrogen and oxygen atoms in total. The zero-order valence-electron chi connectivity index (χ0n) is 8.44. The molecular weight excluding hydrogens is 246 g/mol. The quantitative estimate of drug-likeness (QED) is 0.635. The molecule has 6 heteroatoms. The van der Waals surface area contributed by atoms with Crippen molar-refractivity contribution in [1.29, 1.82) is 0 Å². The summed E-state index contributed by atoms with van der Waals surface area (Å²) < 4.78 is 0. The Hall–Kier alpha value is -1.25. The van der Waals surface area contributed by atoms with Gasteiger partial charge in [-0.25, -0.2) is 0 Å². The first-order chi connectivity index (χ1) is 7.74. The van der Waals surface area contributed by atoms with Gasteiger partial charge in [0, 0.05) is 12.3 Å². The van der Waals surface area contributed by atoms with Gasteiger partial charge in [-0.15, -0.1) is 28.4 Å². The van der Waals surface area contributed by atoms with E-state index in [1.807, 2.05) is 0 Å². The molecule has 1 amide bonds. The van der Waals surface area contributed by atoms with Crippen LogP contribution < -0.4 is 5.32 Å². The highest BCUT2D eigenvalue weighted by Gasteiger charge is 2.06. The first kappa shape index (κ1) is 12.8. The van der Waals surface area contributed by atoms with Crippen molar-refractivity contribution in [3.8, 4) is 12.3 Å². The summed E-state index contributed by atoms with van der Waals surface area (Å²) in [5, 5.41) is 10.2. The number of amides is 1. The number of thioether (sulfide) groups is 1. The minimum Gasteiger partial charge on any atom is -0.350 e. The zero-order chi connectivity index (χ0) is 11.8. The molecule has 0 saturated heterocycles. The first-order valence-corrected chi connectivity index (χ1v) is 6.06. The van der Waals surface area contributed by atoms with Crippen LogP contribution in [-0.2, 0) is 0 Å². The van der Waals surface area contributed by atoms with E-state index >= 15 is 0 Å².